The molecule has 0 aliphatic rings. The monoisotopic (exact) mass is 260 g/mol. The Hall–Kier alpha value is -2.50. The van der Waals surface area contributed by atoms with Gasteiger partial charge in [-0.3, -0.25) is 4.68 Å². The fraction of sp³-hybridized carbons (Fsp3) is 0.231. The highest BCUT2D eigenvalue weighted by Crippen LogP contribution is 2.24. The molecule has 0 saturated carbocycles. The van der Waals surface area contributed by atoms with Crippen LogP contribution in [0.5, 0.6) is 0 Å². The van der Waals surface area contributed by atoms with Crippen molar-refractivity contribution in [3.63, 3.8) is 0 Å². The fourth-order valence-corrected chi connectivity index (χ4v) is 1.91. The SMILES string of the molecule is CN(Cc1ccn(C)n1)c1ccc(C(=O)O)cc1N. The summed E-state index contributed by atoms with van der Waals surface area (Å²) >= 11 is 0. The van der Waals surface area contributed by atoms with Crippen LogP contribution in [0.3, 0.4) is 0 Å². The number of nitrogens with zero attached hydrogens (tertiary/aromatic N) is 3. The zero-order valence-corrected chi connectivity index (χ0v) is 10.9. The van der Waals surface area contributed by atoms with E-state index in [1.54, 1.807) is 16.8 Å². The summed E-state index contributed by atoms with van der Waals surface area (Å²) in [4.78, 5) is 12.8. The molecule has 19 heavy (non-hydrogen) atoms. The molecule has 0 aliphatic carbocycles. The summed E-state index contributed by atoms with van der Waals surface area (Å²) < 4.78 is 1.74. The molecule has 0 aliphatic heterocycles. The van der Waals surface area contributed by atoms with E-state index in [9.17, 15) is 4.79 Å². The number of aromatic nitrogens is 2. The van der Waals surface area contributed by atoms with E-state index in [0.717, 1.165) is 11.4 Å². The van der Waals surface area contributed by atoms with E-state index in [1.807, 2.05) is 31.3 Å². The summed E-state index contributed by atoms with van der Waals surface area (Å²) in [5.41, 5.74) is 8.23. The molecular formula is C13H16N4O2. The van der Waals surface area contributed by atoms with Gasteiger partial charge in [0.05, 0.1) is 29.2 Å². The Kier molecular flexibility index (Phi) is 3.41. The number of rotatable bonds is 4. The maximum absolute atomic E-state index is 10.8. The van der Waals surface area contributed by atoms with E-state index in [2.05, 4.69) is 5.10 Å². The van der Waals surface area contributed by atoms with Gasteiger partial charge in [0.1, 0.15) is 0 Å². The Labute approximate surface area is 111 Å². The van der Waals surface area contributed by atoms with Crippen molar-refractivity contribution in [2.75, 3.05) is 17.7 Å². The van der Waals surface area contributed by atoms with Crippen molar-refractivity contribution in [2.24, 2.45) is 7.05 Å². The van der Waals surface area contributed by atoms with E-state index < -0.39 is 5.97 Å². The Morgan fingerprint density at radius 1 is 1.47 bits per heavy atom. The van der Waals surface area contributed by atoms with Gasteiger partial charge in [0.25, 0.3) is 0 Å². The second-order valence-electron chi connectivity index (χ2n) is 4.42. The zero-order chi connectivity index (χ0) is 14.0. The minimum absolute atomic E-state index is 0.187. The van der Waals surface area contributed by atoms with Gasteiger partial charge in [-0.1, -0.05) is 0 Å². The van der Waals surface area contributed by atoms with E-state index in [1.165, 1.54) is 6.07 Å². The van der Waals surface area contributed by atoms with Gasteiger partial charge in [0.15, 0.2) is 0 Å². The number of aryl methyl sites for hydroxylation is 1. The van der Waals surface area contributed by atoms with Crippen LogP contribution >= 0.6 is 0 Å². The summed E-state index contributed by atoms with van der Waals surface area (Å²) in [6, 6.07) is 6.65. The smallest absolute Gasteiger partial charge is 0.335 e. The molecule has 100 valence electrons. The highest BCUT2D eigenvalue weighted by molar-refractivity contribution is 5.90. The van der Waals surface area contributed by atoms with Gasteiger partial charge >= 0.3 is 5.97 Å². The molecule has 0 spiro atoms. The standard InChI is InChI=1S/C13H16N4O2/c1-16(8-10-5-6-17(2)15-10)12-4-3-9(13(18)19)7-11(12)14/h3-7H,8,14H2,1-2H3,(H,18,19). The van der Waals surface area contributed by atoms with Gasteiger partial charge in [-0.15, -0.1) is 0 Å². The third kappa shape index (κ3) is 2.85. The first-order valence-corrected chi connectivity index (χ1v) is 5.80. The van der Waals surface area contributed by atoms with Crippen LogP contribution in [0.25, 0.3) is 0 Å². The second kappa shape index (κ2) is 5.01. The van der Waals surface area contributed by atoms with Crippen molar-refractivity contribution in [1.29, 1.82) is 0 Å². The minimum Gasteiger partial charge on any atom is -0.478 e. The Morgan fingerprint density at radius 3 is 2.74 bits per heavy atom. The van der Waals surface area contributed by atoms with Gasteiger partial charge in [-0.25, -0.2) is 4.79 Å². The molecule has 2 aromatic rings. The lowest BCUT2D eigenvalue weighted by Crippen LogP contribution is -2.18. The number of nitrogen functional groups attached to an aromatic ring is 1. The first-order valence-electron chi connectivity index (χ1n) is 5.80. The number of nitrogens with two attached hydrogens (primary N) is 1. The predicted octanol–water partition coefficient (Wildman–Crippen LogP) is 1.34. The molecule has 2 rings (SSSR count). The molecule has 1 aromatic carbocycles. The average molecular weight is 260 g/mol. The molecular weight excluding hydrogens is 244 g/mol. The number of carboxylic acid groups (broad SMARTS) is 1. The quantitative estimate of drug-likeness (QED) is 0.810. The van der Waals surface area contributed by atoms with Crippen molar-refractivity contribution in [3.8, 4) is 0 Å². The van der Waals surface area contributed by atoms with E-state index >= 15 is 0 Å². The Morgan fingerprint density at radius 2 is 2.21 bits per heavy atom. The summed E-state index contributed by atoms with van der Waals surface area (Å²) in [6.45, 7) is 0.609. The van der Waals surface area contributed by atoms with Crippen LogP contribution in [0, 0.1) is 0 Å². The molecule has 6 nitrogen and oxygen atoms in total. The third-order valence-electron chi connectivity index (χ3n) is 2.85. The number of carboxylic acids is 1. The summed E-state index contributed by atoms with van der Waals surface area (Å²) in [5, 5.41) is 13.2. The van der Waals surface area contributed by atoms with Gasteiger partial charge in [0, 0.05) is 20.3 Å². The van der Waals surface area contributed by atoms with E-state index in [4.69, 9.17) is 10.8 Å². The van der Waals surface area contributed by atoms with E-state index in [-0.39, 0.29) is 5.56 Å². The van der Waals surface area contributed by atoms with Crippen LogP contribution in [0.15, 0.2) is 30.5 Å². The van der Waals surface area contributed by atoms with Crippen molar-refractivity contribution < 1.29 is 9.90 Å². The van der Waals surface area contributed by atoms with Gasteiger partial charge in [-0.2, -0.15) is 5.10 Å². The van der Waals surface area contributed by atoms with Gasteiger partial charge < -0.3 is 15.7 Å². The lowest BCUT2D eigenvalue weighted by Gasteiger charge is -2.20. The Balaban J connectivity index is 2.19. The maximum atomic E-state index is 10.8. The molecule has 0 fully saturated rings. The van der Waals surface area contributed by atoms with Gasteiger partial charge in [0.2, 0.25) is 0 Å². The van der Waals surface area contributed by atoms with Crippen molar-refractivity contribution in [1.82, 2.24) is 9.78 Å². The summed E-state index contributed by atoms with van der Waals surface area (Å²) in [7, 11) is 3.75. The van der Waals surface area contributed by atoms with E-state index in [0.29, 0.717) is 12.2 Å². The topological polar surface area (TPSA) is 84.4 Å². The highest BCUT2D eigenvalue weighted by Gasteiger charge is 2.10. The average Bonchev–Trinajstić information content (AvgIpc) is 2.74. The van der Waals surface area contributed by atoms with Crippen LogP contribution in [-0.4, -0.2) is 27.9 Å². The number of aromatic carboxylic acids is 1. The number of hydrogen-bond donors (Lipinski definition) is 2. The van der Waals surface area contributed by atoms with Crippen LogP contribution < -0.4 is 10.6 Å². The number of anilines is 2. The zero-order valence-electron chi connectivity index (χ0n) is 10.9. The maximum Gasteiger partial charge on any atom is 0.335 e. The number of carbonyl (C=O) groups is 1. The van der Waals surface area contributed by atoms with Crippen molar-refractivity contribution in [3.05, 3.63) is 41.7 Å². The number of hydrogen-bond acceptors (Lipinski definition) is 4. The lowest BCUT2D eigenvalue weighted by molar-refractivity contribution is 0.0697. The molecule has 1 heterocycles. The highest BCUT2D eigenvalue weighted by atomic mass is 16.4. The van der Waals surface area contributed by atoms with Crippen LogP contribution in [0.1, 0.15) is 16.1 Å². The summed E-state index contributed by atoms with van der Waals surface area (Å²) in [5.74, 6) is -0.981. The molecule has 0 amide bonds. The molecule has 3 N–H and O–H groups in total. The Bertz CT molecular complexity index is 606. The largest absolute Gasteiger partial charge is 0.478 e. The minimum atomic E-state index is -0.981. The molecule has 0 radical (unpaired) electrons. The first kappa shape index (κ1) is 12.9. The molecule has 0 unspecified atom stereocenters. The van der Waals surface area contributed by atoms with Gasteiger partial charge in [-0.05, 0) is 24.3 Å². The van der Waals surface area contributed by atoms with Crippen molar-refractivity contribution >= 4 is 17.3 Å². The number of benzene rings is 1. The fourth-order valence-electron chi connectivity index (χ4n) is 1.91. The third-order valence-corrected chi connectivity index (χ3v) is 2.85. The lowest BCUT2D eigenvalue weighted by atomic mass is 10.1. The van der Waals surface area contributed by atoms with Crippen LogP contribution in [-0.2, 0) is 13.6 Å². The molecule has 6 heteroatoms. The first-order chi connectivity index (χ1) is 8.97. The van der Waals surface area contributed by atoms with Crippen LogP contribution in [0.2, 0.25) is 0 Å². The van der Waals surface area contributed by atoms with Crippen molar-refractivity contribution in [2.45, 2.75) is 6.54 Å². The normalized spacial score (nSPS) is 10.4. The molecule has 0 saturated heterocycles. The molecule has 0 atom stereocenters. The summed E-state index contributed by atoms with van der Waals surface area (Å²) in [6.07, 6.45) is 1.88. The molecule has 1 aromatic heterocycles. The van der Waals surface area contributed by atoms with Crippen LogP contribution in [0.4, 0.5) is 11.4 Å². The predicted molar refractivity (Wildman–Crippen MR) is 73.1 cm³/mol. The molecule has 0 bridgehead atoms. The second-order valence-corrected chi connectivity index (χ2v) is 4.42.